The average Bonchev–Trinajstić information content (AvgIpc) is 2.25. The Morgan fingerprint density at radius 3 is 2.28 bits per heavy atom. The van der Waals surface area contributed by atoms with Crippen molar-refractivity contribution in [2.24, 2.45) is 0 Å². The van der Waals surface area contributed by atoms with Crippen molar-refractivity contribution < 1.29 is 27.9 Å². The van der Waals surface area contributed by atoms with Crippen molar-refractivity contribution >= 4 is 33.2 Å². The molecule has 0 heterocycles. The van der Waals surface area contributed by atoms with E-state index in [0.29, 0.717) is 0 Å². The van der Waals surface area contributed by atoms with Gasteiger partial charge in [-0.15, -0.1) is 0 Å². The Morgan fingerprint density at radius 2 is 1.89 bits per heavy atom. The number of Topliss-reactive ketones (excluding diaryl/α,β-unsaturated/α-hetero) is 1. The molecular formula is C10H9ClO6S. The molecule has 18 heavy (non-hydrogen) atoms. The van der Waals surface area contributed by atoms with Crippen molar-refractivity contribution in [2.75, 3.05) is 13.4 Å². The van der Waals surface area contributed by atoms with Crippen LogP contribution in [0, 0.1) is 0 Å². The van der Waals surface area contributed by atoms with Gasteiger partial charge in [-0.05, 0) is 12.1 Å². The van der Waals surface area contributed by atoms with Gasteiger partial charge in [0.05, 0.1) is 12.1 Å². The second kappa shape index (κ2) is 4.95. The van der Waals surface area contributed by atoms with Crippen LogP contribution in [0.3, 0.4) is 0 Å². The monoisotopic (exact) mass is 292 g/mol. The Bertz CT molecular complexity index is 620. The third-order valence-corrected chi connectivity index (χ3v) is 3.45. The molecule has 0 saturated carbocycles. The van der Waals surface area contributed by atoms with E-state index in [9.17, 15) is 18.0 Å². The Hall–Kier alpha value is -1.60. The number of ether oxygens (including phenoxy) is 1. The molecule has 0 aromatic heterocycles. The van der Waals surface area contributed by atoms with Crippen LogP contribution in [-0.2, 0) is 14.6 Å². The molecule has 0 aliphatic carbocycles. The number of carbonyl (C=O) groups excluding carboxylic acids is 1. The molecule has 0 unspecified atom stereocenters. The van der Waals surface area contributed by atoms with Crippen LogP contribution < -0.4 is 4.74 Å². The number of hydrogen-bond donors (Lipinski definition) is 1. The van der Waals surface area contributed by atoms with Crippen LogP contribution in [0.15, 0.2) is 17.0 Å². The van der Waals surface area contributed by atoms with Gasteiger partial charge in [0.15, 0.2) is 15.6 Å². The minimum atomic E-state index is -3.70. The van der Waals surface area contributed by atoms with Crippen molar-refractivity contribution in [2.45, 2.75) is 4.90 Å². The molecule has 1 rings (SSSR count). The maximum absolute atomic E-state index is 11.5. The summed E-state index contributed by atoms with van der Waals surface area (Å²) in [7, 11) is -2.49. The summed E-state index contributed by atoms with van der Waals surface area (Å²) in [5.74, 6) is -3.07. The zero-order chi connectivity index (χ0) is 14.1. The summed E-state index contributed by atoms with van der Waals surface area (Å²) in [5.41, 5.74) is -0.325. The van der Waals surface area contributed by atoms with E-state index in [1.54, 1.807) is 0 Å². The number of sulfone groups is 1. The van der Waals surface area contributed by atoms with Crippen LogP contribution in [0.1, 0.15) is 10.4 Å². The Morgan fingerprint density at radius 1 is 1.33 bits per heavy atom. The normalized spacial score (nSPS) is 11.1. The van der Waals surface area contributed by atoms with E-state index in [2.05, 4.69) is 0 Å². The SMILES string of the molecule is COc1c(Cl)cc(C(=O)C(=O)O)cc1S(C)(=O)=O. The van der Waals surface area contributed by atoms with Crippen molar-refractivity contribution in [1.29, 1.82) is 0 Å². The fraction of sp³-hybridized carbons (Fsp3) is 0.200. The van der Waals surface area contributed by atoms with Gasteiger partial charge in [-0.1, -0.05) is 11.6 Å². The first-order valence-electron chi connectivity index (χ1n) is 4.53. The van der Waals surface area contributed by atoms with E-state index in [0.717, 1.165) is 18.4 Å². The van der Waals surface area contributed by atoms with Gasteiger partial charge in [0, 0.05) is 11.8 Å². The van der Waals surface area contributed by atoms with Crippen LogP contribution in [0.25, 0.3) is 0 Å². The standard InChI is InChI=1S/C10H9ClO6S/c1-17-9-6(11)3-5(8(12)10(13)14)4-7(9)18(2,15)16/h3-4H,1-2H3,(H,13,14). The van der Waals surface area contributed by atoms with Gasteiger partial charge in [0.1, 0.15) is 4.90 Å². The molecule has 1 aromatic carbocycles. The number of rotatable bonds is 4. The molecule has 0 aliphatic heterocycles. The predicted octanol–water partition coefficient (Wildman–Crippen LogP) is 1.02. The number of carboxylic acid groups (broad SMARTS) is 1. The number of hydrogen-bond acceptors (Lipinski definition) is 5. The van der Waals surface area contributed by atoms with Gasteiger partial charge in [0.25, 0.3) is 5.78 Å². The van der Waals surface area contributed by atoms with Gasteiger partial charge in [-0.2, -0.15) is 0 Å². The van der Waals surface area contributed by atoms with Crippen LogP contribution in [-0.4, -0.2) is 38.6 Å². The van der Waals surface area contributed by atoms with E-state index in [1.165, 1.54) is 7.11 Å². The fourth-order valence-corrected chi connectivity index (χ4v) is 2.52. The Labute approximate surface area is 108 Å². The Kier molecular flexibility index (Phi) is 3.98. The molecule has 6 nitrogen and oxygen atoms in total. The lowest BCUT2D eigenvalue weighted by Gasteiger charge is -2.10. The predicted molar refractivity (Wildman–Crippen MR) is 63.1 cm³/mol. The summed E-state index contributed by atoms with van der Waals surface area (Å²) < 4.78 is 27.9. The van der Waals surface area contributed by atoms with E-state index < -0.39 is 21.6 Å². The molecule has 1 aromatic rings. The highest BCUT2D eigenvalue weighted by Crippen LogP contribution is 2.33. The van der Waals surface area contributed by atoms with E-state index in [4.69, 9.17) is 21.4 Å². The molecule has 0 radical (unpaired) electrons. The molecule has 98 valence electrons. The van der Waals surface area contributed by atoms with Crippen molar-refractivity contribution in [3.05, 3.63) is 22.7 Å². The number of benzene rings is 1. The lowest BCUT2D eigenvalue weighted by molar-refractivity contribution is -0.131. The van der Waals surface area contributed by atoms with Crippen molar-refractivity contribution in [3.8, 4) is 5.75 Å². The quantitative estimate of drug-likeness (QED) is 0.657. The smallest absolute Gasteiger partial charge is 0.377 e. The lowest BCUT2D eigenvalue weighted by atomic mass is 10.1. The van der Waals surface area contributed by atoms with Crippen molar-refractivity contribution in [1.82, 2.24) is 0 Å². The molecule has 0 fully saturated rings. The first-order chi connectivity index (χ1) is 8.18. The van der Waals surface area contributed by atoms with Crippen LogP contribution >= 0.6 is 11.6 Å². The molecule has 0 atom stereocenters. The number of methoxy groups -OCH3 is 1. The van der Waals surface area contributed by atoms with E-state index in [1.807, 2.05) is 0 Å². The summed E-state index contributed by atoms with van der Waals surface area (Å²) in [6.07, 6.45) is 0.899. The minimum absolute atomic E-state index is 0.124. The second-order valence-corrected chi connectivity index (χ2v) is 5.79. The van der Waals surface area contributed by atoms with E-state index >= 15 is 0 Å². The molecule has 0 saturated heterocycles. The van der Waals surface area contributed by atoms with Gasteiger partial charge < -0.3 is 9.84 Å². The number of halogens is 1. The molecule has 0 bridgehead atoms. The highest BCUT2D eigenvalue weighted by atomic mass is 35.5. The average molecular weight is 293 g/mol. The maximum atomic E-state index is 11.5. The number of carboxylic acids is 1. The molecule has 0 aliphatic rings. The van der Waals surface area contributed by atoms with Crippen LogP contribution in [0.5, 0.6) is 5.75 Å². The number of aliphatic carboxylic acids is 1. The zero-order valence-electron chi connectivity index (χ0n) is 9.43. The molecule has 0 spiro atoms. The van der Waals surface area contributed by atoms with Crippen LogP contribution in [0.4, 0.5) is 0 Å². The largest absolute Gasteiger partial charge is 0.494 e. The molecule has 8 heteroatoms. The minimum Gasteiger partial charge on any atom is -0.494 e. The number of carbonyl (C=O) groups is 2. The van der Waals surface area contributed by atoms with Gasteiger partial charge in [0.2, 0.25) is 0 Å². The van der Waals surface area contributed by atoms with Gasteiger partial charge in [-0.25, -0.2) is 13.2 Å². The number of ketones is 1. The highest BCUT2D eigenvalue weighted by Gasteiger charge is 2.23. The first kappa shape index (κ1) is 14.5. The molecule has 0 amide bonds. The first-order valence-corrected chi connectivity index (χ1v) is 6.80. The summed E-state index contributed by atoms with van der Waals surface area (Å²) in [5, 5.41) is 8.43. The maximum Gasteiger partial charge on any atom is 0.377 e. The highest BCUT2D eigenvalue weighted by molar-refractivity contribution is 7.90. The van der Waals surface area contributed by atoms with E-state index in [-0.39, 0.29) is 21.2 Å². The lowest BCUT2D eigenvalue weighted by Crippen LogP contribution is -2.14. The third kappa shape index (κ3) is 2.80. The molecule has 1 N–H and O–H groups in total. The summed E-state index contributed by atoms with van der Waals surface area (Å²) in [6.45, 7) is 0. The second-order valence-electron chi connectivity index (χ2n) is 3.40. The zero-order valence-corrected chi connectivity index (χ0v) is 11.0. The van der Waals surface area contributed by atoms with Crippen LogP contribution in [0.2, 0.25) is 5.02 Å². The van der Waals surface area contributed by atoms with Gasteiger partial charge >= 0.3 is 5.97 Å². The fourth-order valence-electron chi connectivity index (χ4n) is 1.30. The van der Waals surface area contributed by atoms with Crippen molar-refractivity contribution in [3.63, 3.8) is 0 Å². The Balaban J connectivity index is 3.60. The summed E-state index contributed by atoms with van der Waals surface area (Å²) in [6, 6.07) is 1.97. The van der Waals surface area contributed by atoms with Gasteiger partial charge in [-0.3, -0.25) is 4.79 Å². The topological polar surface area (TPSA) is 97.7 Å². The molecular weight excluding hydrogens is 284 g/mol. The third-order valence-electron chi connectivity index (χ3n) is 2.07. The summed E-state index contributed by atoms with van der Waals surface area (Å²) >= 11 is 5.75. The summed E-state index contributed by atoms with van der Waals surface area (Å²) in [4.78, 5) is 21.5.